The molecule has 0 fully saturated rings. The van der Waals surface area contributed by atoms with Gasteiger partial charge in [-0.15, -0.1) is 13.2 Å². The van der Waals surface area contributed by atoms with Crippen molar-refractivity contribution in [3.63, 3.8) is 0 Å². The van der Waals surface area contributed by atoms with Gasteiger partial charge in [0.25, 0.3) is 5.91 Å². The molecule has 9 heteroatoms. The first kappa shape index (κ1) is 16.8. The number of anilines is 1. The molecule has 0 heterocycles. The van der Waals surface area contributed by atoms with Gasteiger partial charge < -0.3 is 15.2 Å². The molecule has 0 spiro atoms. The Hall–Kier alpha value is -2.21. The maximum Gasteiger partial charge on any atom is 0.573 e. The van der Waals surface area contributed by atoms with Crippen molar-refractivity contribution in [3.8, 4) is 11.8 Å². The van der Waals surface area contributed by atoms with Crippen LogP contribution < -0.4 is 10.1 Å². The second kappa shape index (κ2) is 6.49. The third-order valence-electron chi connectivity index (χ3n) is 2.12. The van der Waals surface area contributed by atoms with Gasteiger partial charge in [-0.05, 0) is 41.1 Å². The first-order valence-electron chi connectivity index (χ1n) is 5.30. The van der Waals surface area contributed by atoms with Gasteiger partial charge in [0.15, 0.2) is 5.57 Å². The lowest BCUT2D eigenvalue weighted by molar-refractivity contribution is -0.274. The highest BCUT2D eigenvalue weighted by atomic mass is 79.9. The standard InChI is InChI=1S/C12H8BrF3N2O3/c1-6(19)8(5-17)11(20)18-7-2-3-10(9(13)4-7)21-12(14,15)16/h2-4,19H,1H3,(H,18,20)/b8-6-. The number of ether oxygens (including phenoxy) is 1. The molecule has 21 heavy (non-hydrogen) atoms. The number of rotatable bonds is 3. The Morgan fingerprint density at radius 1 is 1.48 bits per heavy atom. The molecule has 0 radical (unpaired) electrons. The molecule has 0 unspecified atom stereocenters. The minimum Gasteiger partial charge on any atom is -0.511 e. The van der Waals surface area contributed by atoms with Gasteiger partial charge in [0.2, 0.25) is 0 Å². The van der Waals surface area contributed by atoms with Crippen LogP contribution in [0.2, 0.25) is 0 Å². The minimum absolute atomic E-state index is 0.0409. The number of aliphatic hydroxyl groups excluding tert-OH is 1. The van der Waals surface area contributed by atoms with E-state index in [0.717, 1.165) is 19.1 Å². The van der Waals surface area contributed by atoms with Crippen molar-refractivity contribution in [1.82, 2.24) is 0 Å². The highest BCUT2D eigenvalue weighted by Gasteiger charge is 2.32. The molecule has 1 rings (SSSR count). The van der Waals surface area contributed by atoms with Crippen molar-refractivity contribution in [2.45, 2.75) is 13.3 Å². The molecular weight excluding hydrogens is 357 g/mol. The maximum absolute atomic E-state index is 12.1. The number of hydrogen-bond donors (Lipinski definition) is 2. The fourth-order valence-electron chi connectivity index (χ4n) is 1.28. The normalized spacial score (nSPS) is 12.2. The van der Waals surface area contributed by atoms with Gasteiger partial charge in [-0.3, -0.25) is 4.79 Å². The summed E-state index contributed by atoms with van der Waals surface area (Å²) in [6.45, 7) is 1.16. The smallest absolute Gasteiger partial charge is 0.511 e. The molecule has 0 aliphatic rings. The molecule has 0 aliphatic heterocycles. The number of amides is 1. The summed E-state index contributed by atoms with van der Waals surface area (Å²) < 4.78 is 40.0. The van der Waals surface area contributed by atoms with Crippen LogP contribution in [0.3, 0.4) is 0 Å². The number of halogens is 4. The van der Waals surface area contributed by atoms with E-state index in [0.29, 0.717) is 0 Å². The zero-order chi connectivity index (χ0) is 16.2. The van der Waals surface area contributed by atoms with Gasteiger partial charge in [-0.25, -0.2) is 0 Å². The van der Waals surface area contributed by atoms with Crippen molar-refractivity contribution in [2.24, 2.45) is 0 Å². The molecule has 0 saturated carbocycles. The number of allylic oxidation sites excluding steroid dienone is 1. The molecule has 1 amide bonds. The summed E-state index contributed by atoms with van der Waals surface area (Å²) in [6.07, 6.45) is -4.84. The highest BCUT2D eigenvalue weighted by Crippen LogP contribution is 2.32. The topological polar surface area (TPSA) is 82.3 Å². The van der Waals surface area contributed by atoms with E-state index in [1.807, 2.05) is 0 Å². The van der Waals surface area contributed by atoms with Gasteiger partial charge in [-0.2, -0.15) is 5.26 Å². The Kier molecular flexibility index (Phi) is 5.21. The largest absolute Gasteiger partial charge is 0.573 e. The zero-order valence-electron chi connectivity index (χ0n) is 10.5. The molecular formula is C12H8BrF3N2O3. The van der Waals surface area contributed by atoms with Gasteiger partial charge >= 0.3 is 6.36 Å². The third-order valence-corrected chi connectivity index (χ3v) is 2.74. The number of benzene rings is 1. The van der Waals surface area contributed by atoms with E-state index in [2.05, 4.69) is 26.0 Å². The van der Waals surface area contributed by atoms with Crippen LogP contribution in [0.1, 0.15) is 6.92 Å². The minimum atomic E-state index is -4.84. The predicted octanol–water partition coefficient (Wildman–Crippen LogP) is 3.64. The lowest BCUT2D eigenvalue weighted by Crippen LogP contribution is -2.18. The van der Waals surface area contributed by atoms with Gasteiger partial charge in [0.1, 0.15) is 17.6 Å². The fraction of sp³-hybridized carbons (Fsp3) is 0.167. The van der Waals surface area contributed by atoms with Crippen LogP contribution >= 0.6 is 15.9 Å². The predicted molar refractivity (Wildman–Crippen MR) is 70.4 cm³/mol. The lowest BCUT2D eigenvalue weighted by atomic mass is 10.2. The third kappa shape index (κ3) is 5.00. The molecule has 0 aliphatic carbocycles. The van der Waals surface area contributed by atoms with Crippen molar-refractivity contribution < 1.29 is 27.8 Å². The average Bonchev–Trinajstić information content (AvgIpc) is 2.31. The maximum atomic E-state index is 12.1. The molecule has 2 N–H and O–H groups in total. The summed E-state index contributed by atoms with van der Waals surface area (Å²) in [4.78, 5) is 11.6. The molecule has 1 aromatic rings. The van der Waals surface area contributed by atoms with Gasteiger partial charge in [0.05, 0.1) is 4.47 Å². The number of alkyl halides is 3. The van der Waals surface area contributed by atoms with Crippen LogP contribution in [-0.4, -0.2) is 17.4 Å². The molecule has 0 atom stereocenters. The van der Waals surface area contributed by atoms with E-state index >= 15 is 0 Å². The number of nitrogens with one attached hydrogen (secondary N) is 1. The first-order chi connectivity index (χ1) is 9.64. The van der Waals surface area contributed by atoms with Crippen LogP contribution in [0.5, 0.6) is 5.75 Å². The monoisotopic (exact) mass is 364 g/mol. The zero-order valence-corrected chi connectivity index (χ0v) is 12.0. The molecule has 0 saturated heterocycles. The van der Waals surface area contributed by atoms with Crippen molar-refractivity contribution in [2.75, 3.05) is 5.32 Å². The van der Waals surface area contributed by atoms with E-state index in [-0.39, 0.29) is 10.2 Å². The Labute approximate surface area is 125 Å². The summed E-state index contributed by atoms with van der Waals surface area (Å²) >= 11 is 2.87. The Bertz CT molecular complexity index is 632. The second-order valence-electron chi connectivity index (χ2n) is 3.72. The van der Waals surface area contributed by atoms with Crippen LogP contribution in [0.15, 0.2) is 34.0 Å². The van der Waals surface area contributed by atoms with Gasteiger partial charge in [-0.1, -0.05) is 0 Å². The van der Waals surface area contributed by atoms with Crippen molar-refractivity contribution in [3.05, 3.63) is 34.0 Å². The van der Waals surface area contributed by atoms with Gasteiger partial charge in [0, 0.05) is 5.69 Å². The first-order valence-corrected chi connectivity index (χ1v) is 6.10. The fourth-order valence-corrected chi connectivity index (χ4v) is 1.74. The number of carbonyl (C=O) groups is 1. The molecule has 0 bridgehead atoms. The second-order valence-corrected chi connectivity index (χ2v) is 4.57. The summed E-state index contributed by atoms with van der Waals surface area (Å²) in [6, 6.07) is 4.83. The summed E-state index contributed by atoms with van der Waals surface area (Å²) in [7, 11) is 0. The number of nitriles is 1. The van der Waals surface area contributed by atoms with E-state index in [1.165, 1.54) is 12.1 Å². The Balaban J connectivity index is 2.94. The van der Waals surface area contributed by atoms with Crippen molar-refractivity contribution in [1.29, 1.82) is 5.26 Å². The van der Waals surface area contributed by atoms with Crippen LogP contribution in [-0.2, 0) is 4.79 Å². The van der Waals surface area contributed by atoms with E-state index < -0.39 is 29.4 Å². The van der Waals surface area contributed by atoms with E-state index in [1.54, 1.807) is 0 Å². The highest BCUT2D eigenvalue weighted by molar-refractivity contribution is 9.10. The van der Waals surface area contributed by atoms with Crippen LogP contribution in [0.4, 0.5) is 18.9 Å². The molecule has 0 aromatic heterocycles. The Morgan fingerprint density at radius 3 is 2.52 bits per heavy atom. The summed E-state index contributed by atoms with van der Waals surface area (Å²) in [5.74, 6) is -1.82. The number of nitrogens with zero attached hydrogens (tertiary/aromatic N) is 1. The number of aliphatic hydroxyl groups is 1. The summed E-state index contributed by atoms with van der Waals surface area (Å²) in [5, 5.41) is 20.1. The van der Waals surface area contributed by atoms with Crippen LogP contribution in [0.25, 0.3) is 0 Å². The van der Waals surface area contributed by atoms with E-state index in [4.69, 9.17) is 10.4 Å². The average molecular weight is 365 g/mol. The van der Waals surface area contributed by atoms with Crippen molar-refractivity contribution >= 4 is 27.5 Å². The SMILES string of the molecule is C/C(O)=C(\C#N)C(=O)Nc1ccc(OC(F)(F)F)c(Br)c1. The molecule has 112 valence electrons. The molecule has 1 aromatic carbocycles. The lowest BCUT2D eigenvalue weighted by Gasteiger charge is -2.12. The summed E-state index contributed by atoms with van der Waals surface area (Å²) in [5.41, 5.74) is -0.378. The quantitative estimate of drug-likeness (QED) is 0.487. The van der Waals surface area contributed by atoms with Crippen LogP contribution in [0, 0.1) is 11.3 Å². The molecule has 5 nitrogen and oxygen atoms in total. The Morgan fingerprint density at radius 2 is 2.10 bits per heavy atom. The number of hydrogen-bond acceptors (Lipinski definition) is 4. The van der Waals surface area contributed by atoms with E-state index in [9.17, 15) is 18.0 Å². The number of carbonyl (C=O) groups excluding carboxylic acids is 1.